The number of aliphatic hydroxyl groups is 3. The van der Waals surface area contributed by atoms with E-state index in [1.54, 1.807) is 99.6 Å². The molecule has 7 rings (SSSR count). The van der Waals surface area contributed by atoms with Crippen LogP contribution in [0.25, 0.3) is 0 Å². The number of benzene rings is 3. The van der Waals surface area contributed by atoms with E-state index in [9.17, 15) is 39.3 Å². The van der Waals surface area contributed by atoms with Crippen LogP contribution in [0.5, 0.6) is 0 Å². The van der Waals surface area contributed by atoms with E-state index in [1.807, 2.05) is 0 Å². The highest BCUT2D eigenvalue weighted by Gasteiger charge is 2.77. The third kappa shape index (κ3) is 7.31. The predicted octanol–water partition coefficient (Wildman–Crippen LogP) is 4.75. The van der Waals surface area contributed by atoms with Crippen molar-refractivity contribution in [2.24, 2.45) is 22.7 Å². The summed E-state index contributed by atoms with van der Waals surface area (Å²) in [6.07, 6.45) is -8.27. The number of hydrogen-bond acceptors (Lipinski definition) is 13. The third-order valence-electron chi connectivity index (χ3n) is 14.1. The second kappa shape index (κ2) is 16.5. The standard InChI is InChI=1S/C48H53NO13/c1-26-33(60-44(57)37(53)36(29-16-10-7-11-17-29)49-42(55)30-18-12-8-13-19-30)25-48(58)41(61-43(56)31-20-14-9-15-21-31)39-46(6,34(52)24-32-22-23-47(32,39)62-28(3)51)40(54)38(59-27(2)50)35(26)45(48,4)5/h7-21,32-34,36-39,41,52-53,58H,22-25H2,1-6H3,(H,49,55)/t32-,33+,34+,36+,37-,38-,39+,41+,46-,47+,48-/m1/s1. The van der Waals surface area contributed by atoms with E-state index in [2.05, 4.69) is 5.32 Å². The van der Waals surface area contributed by atoms with Gasteiger partial charge in [-0.25, -0.2) is 9.59 Å². The molecule has 3 fully saturated rings. The fourth-order valence-electron chi connectivity index (χ4n) is 10.7. The molecule has 0 saturated heterocycles. The Hall–Kier alpha value is -5.70. The lowest BCUT2D eigenvalue weighted by atomic mass is 9.41. The van der Waals surface area contributed by atoms with Gasteiger partial charge >= 0.3 is 23.9 Å². The highest BCUT2D eigenvalue weighted by atomic mass is 16.6. The molecule has 0 aromatic heterocycles. The lowest BCUT2D eigenvalue weighted by molar-refractivity contribution is -0.296. The van der Waals surface area contributed by atoms with E-state index in [1.165, 1.54) is 26.0 Å². The van der Waals surface area contributed by atoms with Gasteiger partial charge in [-0.3, -0.25) is 19.2 Å². The van der Waals surface area contributed by atoms with Crippen LogP contribution >= 0.6 is 0 Å². The van der Waals surface area contributed by atoms with Crippen molar-refractivity contribution in [1.82, 2.24) is 5.32 Å². The molecule has 0 aliphatic heterocycles. The highest BCUT2D eigenvalue weighted by molar-refractivity contribution is 5.96. The van der Waals surface area contributed by atoms with Crippen molar-refractivity contribution < 1.29 is 63.0 Å². The lowest BCUT2D eigenvalue weighted by Gasteiger charge is -2.68. The summed E-state index contributed by atoms with van der Waals surface area (Å²) < 4.78 is 24.6. The largest absolute Gasteiger partial charge is 0.458 e. The summed E-state index contributed by atoms with van der Waals surface area (Å²) in [5.74, 6) is -7.00. The van der Waals surface area contributed by atoms with Crippen molar-refractivity contribution in [2.75, 3.05) is 0 Å². The first-order valence-electron chi connectivity index (χ1n) is 20.9. The number of carbonyl (C=O) groups is 6. The fraction of sp³-hybridized carbons (Fsp3) is 0.458. The number of hydrogen-bond donors (Lipinski definition) is 4. The van der Waals surface area contributed by atoms with Gasteiger partial charge in [0.2, 0.25) is 0 Å². The highest BCUT2D eigenvalue weighted by Crippen LogP contribution is 2.67. The molecule has 0 unspecified atom stereocenters. The lowest BCUT2D eigenvalue weighted by Crippen LogP contribution is -2.78. The average molecular weight is 852 g/mol. The van der Waals surface area contributed by atoms with Gasteiger partial charge < -0.3 is 39.6 Å². The summed E-state index contributed by atoms with van der Waals surface area (Å²) in [6.45, 7) is 8.50. The minimum atomic E-state index is -2.34. The molecule has 328 valence electrons. The Balaban J connectivity index is 1.39. The number of ketones is 1. The summed E-state index contributed by atoms with van der Waals surface area (Å²) in [5, 5.41) is 40.4. The summed E-state index contributed by atoms with van der Waals surface area (Å²) in [6, 6.07) is 23.1. The zero-order chi connectivity index (χ0) is 44.9. The van der Waals surface area contributed by atoms with E-state index in [0.717, 1.165) is 6.92 Å². The summed E-state index contributed by atoms with van der Waals surface area (Å²) in [5.41, 5.74) is -6.51. The van der Waals surface area contributed by atoms with Gasteiger partial charge in [0.05, 0.1) is 29.0 Å². The predicted molar refractivity (Wildman–Crippen MR) is 221 cm³/mol. The van der Waals surface area contributed by atoms with Crippen LogP contribution in [-0.4, -0.2) is 92.6 Å². The molecule has 11 atom stereocenters. The molecule has 3 aromatic rings. The maximum atomic E-state index is 15.5. The Morgan fingerprint density at radius 2 is 1.39 bits per heavy atom. The second-order valence-corrected chi connectivity index (χ2v) is 17.8. The minimum Gasteiger partial charge on any atom is -0.458 e. The van der Waals surface area contributed by atoms with Gasteiger partial charge in [0.1, 0.15) is 23.4 Å². The van der Waals surface area contributed by atoms with Crippen LogP contribution in [0, 0.1) is 22.7 Å². The minimum absolute atomic E-state index is 0.0134. The van der Waals surface area contributed by atoms with Crippen molar-refractivity contribution in [3.8, 4) is 0 Å². The van der Waals surface area contributed by atoms with Crippen LogP contribution in [0.4, 0.5) is 0 Å². The molecule has 1 amide bonds. The number of rotatable bonds is 10. The Bertz CT molecular complexity index is 2280. The van der Waals surface area contributed by atoms with Crippen LogP contribution in [0.2, 0.25) is 0 Å². The Kier molecular flexibility index (Phi) is 11.8. The van der Waals surface area contributed by atoms with E-state index < -0.39 is 112 Å². The Morgan fingerprint density at radius 1 is 0.806 bits per heavy atom. The zero-order valence-electron chi connectivity index (χ0n) is 35.5. The second-order valence-electron chi connectivity index (χ2n) is 17.8. The first-order chi connectivity index (χ1) is 29.3. The normalized spacial score (nSPS) is 31.9. The van der Waals surface area contributed by atoms with Crippen molar-refractivity contribution >= 4 is 35.6 Å². The number of amides is 1. The molecule has 3 aromatic carbocycles. The molecule has 0 spiro atoms. The number of ether oxygens (including phenoxy) is 4. The SMILES string of the molecule is CC(=O)O[C@H]1C(=O)[C@@]2(C)[C@H]([C@H](OC(=O)c3ccccc3)[C@]3(O)C[C@H](OC(=O)[C@H](O)[C@@H](NC(=O)c4ccccc4)c4ccccc4)C(C)=C1C3(C)C)[C@]1(OC(C)=O)CC[C@@H]1C[C@@H]2O. The van der Waals surface area contributed by atoms with Crippen LogP contribution < -0.4 is 5.32 Å². The van der Waals surface area contributed by atoms with Crippen molar-refractivity contribution in [3.05, 3.63) is 119 Å². The van der Waals surface area contributed by atoms with Crippen LogP contribution in [0.1, 0.15) is 99.5 Å². The summed E-state index contributed by atoms with van der Waals surface area (Å²) in [4.78, 5) is 83.6. The Morgan fingerprint density at radius 3 is 1.94 bits per heavy atom. The number of Topliss-reactive ketones (excluding diaryl/α,β-unsaturated/α-hetero) is 1. The fourth-order valence-corrected chi connectivity index (χ4v) is 10.7. The molecule has 3 saturated carbocycles. The maximum Gasteiger partial charge on any atom is 0.338 e. The van der Waals surface area contributed by atoms with E-state index in [4.69, 9.17) is 18.9 Å². The van der Waals surface area contributed by atoms with Crippen molar-refractivity contribution in [2.45, 2.75) is 115 Å². The molecule has 0 radical (unpaired) electrons. The molecule has 62 heavy (non-hydrogen) atoms. The van der Waals surface area contributed by atoms with Crippen LogP contribution in [0.3, 0.4) is 0 Å². The summed E-state index contributed by atoms with van der Waals surface area (Å²) >= 11 is 0. The molecular formula is C48H53NO13. The number of esters is 4. The number of aliphatic hydroxyl groups excluding tert-OH is 2. The number of carbonyl (C=O) groups excluding carboxylic acids is 6. The monoisotopic (exact) mass is 851 g/mol. The maximum absolute atomic E-state index is 15.5. The van der Waals surface area contributed by atoms with Crippen molar-refractivity contribution in [1.29, 1.82) is 0 Å². The van der Waals surface area contributed by atoms with Crippen LogP contribution in [-0.2, 0) is 38.1 Å². The third-order valence-corrected chi connectivity index (χ3v) is 14.1. The van der Waals surface area contributed by atoms with Gasteiger partial charge in [-0.05, 0) is 74.1 Å². The number of fused-ring (bicyclic) bond motifs is 5. The molecule has 4 aliphatic rings. The molecule has 4 N–H and O–H groups in total. The van der Waals surface area contributed by atoms with Crippen molar-refractivity contribution in [3.63, 3.8) is 0 Å². The van der Waals surface area contributed by atoms with Gasteiger partial charge in [-0.2, -0.15) is 0 Å². The topological polar surface area (TPSA) is 212 Å². The quantitative estimate of drug-likeness (QED) is 0.123. The molecule has 4 aliphatic carbocycles. The smallest absolute Gasteiger partial charge is 0.338 e. The first kappa shape index (κ1) is 44.4. The molecule has 0 heterocycles. The average Bonchev–Trinajstić information content (AvgIpc) is 3.24. The van der Waals surface area contributed by atoms with Gasteiger partial charge in [-0.1, -0.05) is 80.6 Å². The van der Waals surface area contributed by atoms with E-state index in [-0.39, 0.29) is 35.1 Å². The summed E-state index contributed by atoms with van der Waals surface area (Å²) in [7, 11) is 0. The Labute approximate surface area is 359 Å². The zero-order valence-corrected chi connectivity index (χ0v) is 35.5. The van der Waals surface area contributed by atoms with Gasteiger partial charge in [0.25, 0.3) is 5.91 Å². The van der Waals surface area contributed by atoms with E-state index >= 15 is 4.79 Å². The van der Waals surface area contributed by atoms with Gasteiger partial charge in [0.15, 0.2) is 18.0 Å². The first-order valence-corrected chi connectivity index (χ1v) is 20.9. The van der Waals surface area contributed by atoms with Gasteiger partial charge in [-0.15, -0.1) is 0 Å². The van der Waals surface area contributed by atoms with Gasteiger partial charge in [0, 0.05) is 37.2 Å². The molecule has 14 nitrogen and oxygen atoms in total. The van der Waals surface area contributed by atoms with E-state index in [0.29, 0.717) is 12.0 Å². The molecule has 14 heteroatoms. The number of nitrogens with one attached hydrogen (secondary N) is 1. The molecular weight excluding hydrogens is 799 g/mol. The van der Waals surface area contributed by atoms with Crippen LogP contribution in [0.15, 0.2) is 102 Å². The molecule has 2 bridgehead atoms.